The van der Waals surface area contributed by atoms with Gasteiger partial charge in [0.15, 0.2) is 0 Å². The maximum absolute atomic E-state index is 12.3. The molecule has 0 atom stereocenters. The normalized spacial score (nSPS) is 10.7. The number of hydrogen-bond donors (Lipinski definition) is 2. The van der Waals surface area contributed by atoms with Gasteiger partial charge >= 0.3 is 0 Å². The number of anilines is 2. The Bertz CT molecular complexity index is 687. The highest BCUT2D eigenvalue weighted by Crippen LogP contribution is 2.26. The molecule has 0 bridgehead atoms. The molecule has 1 amide bonds. The maximum atomic E-state index is 12.3. The molecular weight excluding hydrogens is 309 g/mol. The second kappa shape index (κ2) is 6.33. The van der Waals surface area contributed by atoms with Gasteiger partial charge in [-0.25, -0.2) is 4.98 Å². The Morgan fingerprint density at radius 3 is 2.62 bits per heavy atom. The van der Waals surface area contributed by atoms with Gasteiger partial charge in [0.25, 0.3) is 5.91 Å². The van der Waals surface area contributed by atoms with E-state index >= 15 is 0 Å². The molecule has 110 valence electrons. The van der Waals surface area contributed by atoms with Crippen LogP contribution < -0.4 is 11.1 Å². The van der Waals surface area contributed by atoms with Crippen molar-refractivity contribution in [2.45, 2.75) is 19.8 Å². The van der Waals surface area contributed by atoms with Crippen LogP contribution in [0.1, 0.15) is 35.8 Å². The lowest BCUT2D eigenvalue weighted by molar-refractivity contribution is 0.102. The van der Waals surface area contributed by atoms with E-state index in [1.807, 2.05) is 13.8 Å². The molecule has 0 aliphatic heterocycles. The van der Waals surface area contributed by atoms with E-state index < -0.39 is 0 Å². The standard InChI is InChI=1S/C15H15Cl2N3O/c1-8(2)12-5-9(6-14(18)19-12)15(21)20-13-7-10(16)3-4-11(13)17/h3-8H,1-2H3,(H2,18,19)(H,20,21). The molecule has 21 heavy (non-hydrogen) atoms. The van der Waals surface area contributed by atoms with Gasteiger partial charge in [0, 0.05) is 16.3 Å². The van der Waals surface area contributed by atoms with Crippen LogP contribution >= 0.6 is 23.2 Å². The predicted molar refractivity (Wildman–Crippen MR) is 87.2 cm³/mol. The third kappa shape index (κ3) is 3.86. The lowest BCUT2D eigenvalue weighted by Crippen LogP contribution is -2.14. The molecule has 2 rings (SSSR count). The third-order valence-corrected chi connectivity index (χ3v) is 3.46. The van der Waals surface area contributed by atoms with Crippen LogP contribution in [0.15, 0.2) is 30.3 Å². The van der Waals surface area contributed by atoms with Crippen LogP contribution in [0.3, 0.4) is 0 Å². The van der Waals surface area contributed by atoms with E-state index in [1.54, 1.807) is 24.3 Å². The second-order valence-electron chi connectivity index (χ2n) is 4.94. The minimum absolute atomic E-state index is 0.176. The van der Waals surface area contributed by atoms with E-state index in [4.69, 9.17) is 28.9 Å². The topological polar surface area (TPSA) is 68.0 Å². The fraction of sp³-hybridized carbons (Fsp3) is 0.200. The van der Waals surface area contributed by atoms with Gasteiger partial charge in [-0.1, -0.05) is 37.0 Å². The first-order valence-corrected chi connectivity index (χ1v) is 7.16. The number of carbonyl (C=O) groups is 1. The average molecular weight is 324 g/mol. The number of rotatable bonds is 3. The average Bonchev–Trinajstić information content (AvgIpc) is 2.42. The van der Waals surface area contributed by atoms with Crippen LogP contribution in [0, 0.1) is 0 Å². The summed E-state index contributed by atoms with van der Waals surface area (Å²) in [6, 6.07) is 8.12. The molecule has 0 aliphatic rings. The molecule has 6 heteroatoms. The highest BCUT2D eigenvalue weighted by Gasteiger charge is 2.12. The number of nitrogens with one attached hydrogen (secondary N) is 1. The lowest BCUT2D eigenvalue weighted by Gasteiger charge is -2.11. The Morgan fingerprint density at radius 1 is 1.24 bits per heavy atom. The van der Waals surface area contributed by atoms with Crippen LogP contribution in [0.2, 0.25) is 10.0 Å². The number of nitrogens with zero attached hydrogens (tertiary/aromatic N) is 1. The summed E-state index contributed by atoms with van der Waals surface area (Å²) in [5.41, 5.74) is 7.39. The molecule has 0 fully saturated rings. The largest absolute Gasteiger partial charge is 0.384 e. The van der Waals surface area contributed by atoms with Crippen molar-refractivity contribution in [3.05, 3.63) is 51.6 Å². The van der Waals surface area contributed by atoms with E-state index in [9.17, 15) is 4.79 Å². The van der Waals surface area contributed by atoms with Gasteiger partial charge in [0.2, 0.25) is 0 Å². The Balaban J connectivity index is 2.30. The third-order valence-electron chi connectivity index (χ3n) is 2.90. The smallest absolute Gasteiger partial charge is 0.255 e. The summed E-state index contributed by atoms with van der Waals surface area (Å²) in [4.78, 5) is 16.5. The van der Waals surface area contributed by atoms with Crippen LogP contribution in [0.25, 0.3) is 0 Å². The first kappa shape index (κ1) is 15.6. The molecule has 3 N–H and O–H groups in total. The van der Waals surface area contributed by atoms with Gasteiger partial charge in [-0.15, -0.1) is 0 Å². The summed E-state index contributed by atoms with van der Waals surface area (Å²) < 4.78 is 0. The summed E-state index contributed by atoms with van der Waals surface area (Å²) in [5, 5.41) is 3.63. The molecule has 1 aromatic heterocycles. The van der Waals surface area contributed by atoms with Gasteiger partial charge in [-0.3, -0.25) is 4.79 Å². The minimum Gasteiger partial charge on any atom is -0.384 e. The number of carbonyl (C=O) groups excluding carboxylic acids is 1. The van der Waals surface area contributed by atoms with E-state index in [0.717, 1.165) is 5.69 Å². The number of halogens is 2. The highest BCUT2D eigenvalue weighted by atomic mass is 35.5. The summed E-state index contributed by atoms with van der Waals surface area (Å²) in [6.45, 7) is 3.97. The van der Waals surface area contributed by atoms with Crippen molar-refractivity contribution in [2.24, 2.45) is 0 Å². The van der Waals surface area contributed by atoms with Crippen LogP contribution in [-0.4, -0.2) is 10.9 Å². The molecule has 0 radical (unpaired) electrons. The van der Waals surface area contributed by atoms with E-state index in [0.29, 0.717) is 27.1 Å². The molecule has 0 saturated carbocycles. The Morgan fingerprint density at radius 2 is 1.95 bits per heavy atom. The van der Waals surface area contributed by atoms with Crippen molar-refractivity contribution in [2.75, 3.05) is 11.1 Å². The lowest BCUT2D eigenvalue weighted by atomic mass is 10.1. The zero-order chi connectivity index (χ0) is 15.6. The van der Waals surface area contributed by atoms with Crippen molar-refractivity contribution < 1.29 is 4.79 Å². The summed E-state index contributed by atoms with van der Waals surface area (Å²) in [5.74, 6) is 0.175. The number of hydrogen-bond acceptors (Lipinski definition) is 3. The van der Waals surface area contributed by atoms with E-state index in [2.05, 4.69) is 10.3 Å². The van der Waals surface area contributed by atoms with E-state index in [1.165, 1.54) is 6.07 Å². The predicted octanol–water partition coefficient (Wildman–Crippen LogP) is 4.35. The first-order valence-electron chi connectivity index (χ1n) is 6.40. The number of aromatic nitrogens is 1. The highest BCUT2D eigenvalue weighted by molar-refractivity contribution is 6.35. The van der Waals surface area contributed by atoms with Crippen LogP contribution in [0.4, 0.5) is 11.5 Å². The first-order chi connectivity index (χ1) is 9.86. The molecular formula is C15H15Cl2N3O. The number of benzene rings is 1. The van der Waals surface area contributed by atoms with Gasteiger partial charge in [-0.2, -0.15) is 0 Å². The monoisotopic (exact) mass is 323 g/mol. The quantitative estimate of drug-likeness (QED) is 0.882. The van der Waals surface area contributed by atoms with Gasteiger partial charge in [0.05, 0.1) is 10.7 Å². The number of nitrogen functional groups attached to an aromatic ring is 1. The van der Waals surface area contributed by atoms with Gasteiger partial charge in [0.1, 0.15) is 5.82 Å². The van der Waals surface area contributed by atoms with Crippen molar-refractivity contribution in [3.8, 4) is 0 Å². The molecule has 0 saturated heterocycles. The number of pyridine rings is 1. The van der Waals surface area contributed by atoms with Gasteiger partial charge < -0.3 is 11.1 Å². The SMILES string of the molecule is CC(C)c1cc(C(=O)Nc2cc(Cl)ccc2Cl)cc(N)n1. The zero-order valence-corrected chi connectivity index (χ0v) is 13.2. The van der Waals surface area contributed by atoms with E-state index in [-0.39, 0.29) is 11.8 Å². The summed E-state index contributed by atoms with van der Waals surface area (Å²) in [6.07, 6.45) is 0. The van der Waals surface area contributed by atoms with Crippen molar-refractivity contribution in [1.29, 1.82) is 0 Å². The molecule has 2 aromatic rings. The fourth-order valence-electron chi connectivity index (χ4n) is 1.79. The molecule has 4 nitrogen and oxygen atoms in total. The molecule has 0 aliphatic carbocycles. The second-order valence-corrected chi connectivity index (χ2v) is 5.78. The Labute approximate surface area is 133 Å². The Kier molecular flexibility index (Phi) is 4.70. The minimum atomic E-state index is -0.310. The zero-order valence-electron chi connectivity index (χ0n) is 11.7. The van der Waals surface area contributed by atoms with Gasteiger partial charge in [-0.05, 0) is 36.2 Å². The molecule has 0 unspecified atom stereocenters. The Hall–Kier alpha value is -1.78. The molecule has 0 spiro atoms. The summed E-state index contributed by atoms with van der Waals surface area (Å²) >= 11 is 11.9. The van der Waals surface area contributed by atoms with Crippen molar-refractivity contribution >= 4 is 40.6 Å². The number of nitrogens with two attached hydrogens (primary N) is 1. The van der Waals surface area contributed by atoms with Crippen LogP contribution in [-0.2, 0) is 0 Å². The number of amides is 1. The van der Waals surface area contributed by atoms with Crippen LogP contribution in [0.5, 0.6) is 0 Å². The summed E-state index contributed by atoms with van der Waals surface area (Å²) in [7, 11) is 0. The maximum Gasteiger partial charge on any atom is 0.255 e. The fourth-order valence-corrected chi connectivity index (χ4v) is 2.13. The van der Waals surface area contributed by atoms with Crippen molar-refractivity contribution in [3.63, 3.8) is 0 Å². The molecule has 1 heterocycles. The van der Waals surface area contributed by atoms with Crippen molar-refractivity contribution in [1.82, 2.24) is 4.98 Å². The molecule has 1 aromatic carbocycles.